The van der Waals surface area contributed by atoms with Crippen molar-refractivity contribution in [3.05, 3.63) is 34.6 Å². The van der Waals surface area contributed by atoms with Gasteiger partial charge in [0.05, 0.1) is 11.1 Å². The van der Waals surface area contributed by atoms with Crippen molar-refractivity contribution in [1.82, 2.24) is 5.32 Å². The van der Waals surface area contributed by atoms with Crippen LogP contribution < -0.4 is 5.32 Å². The lowest BCUT2D eigenvalue weighted by Crippen LogP contribution is -2.37. The molecule has 2 unspecified atom stereocenters. The van der Waals surface area contributed by atoms with Crippen LogP contribution in [0.2, 0.25) is 5.02 Å². The zero-order valence-corrected chi connectivity index (χ0v) is 13.0. The van der Waals surface area contributed by atoms with E-state index in [1.54, 1.807) is 6.92 Å². The maximum absolute atomic E-state index is 13.3. The van der Waals surface area contributed by atoms with Crippen LogP contribution in [-0.4, -0.2) is 30.3 Å². The normalized spacial score (nSPS) is 13.8. The fraction of sp³-hybridized carbons (Fsp3) is 0.533. The van der Waals surface area contributed by atoms with Gasteiger partial charge in [-0.25, -0.2) is 4.39 Å². The van der Waals surface area contributed by atoms with Gasteiger partial charge in [0.1, 0.15) is 11.9 Å². The van der Waals surface area contributed by atoms with Crippen LogP contribution in [0.5, 0.6) is 0 Å². The predicted octanol–water partition coefficient (Wildman–Crippen LogP) is 2.83. The number of amides is 1. The van der Waals surface area contributed by atoms with E-state index in [2.05, 4.69) is 5.32 Å². The van der Waals surface area contributed by atoms with Gasteiger partial charge in [-0.3, -0.25) is 4.79 Å². The average molecular weight is 318 g/mol. The molecule has 0 saturated carbocycles. The second kappa shape index (κ2) is 8.97. The van der Waals surface area contributed by atoms with Crippen molar-refractivity contribution >= 4 is 17.5 Å². The van der Waals surface area contributed by atoms with Crippen molar-refractivity contribution in [1.29, 1.82) is 0 Å². The minimum absolute atomic E-state index is 0.00654. The molecule has 0 saturated heterocycles. The molecule has 0 fully saturated rings. The van der Waals surface area contributed by atoms with Crippen molar-refractivity contribution in [3.8, 4) is 0 Å². The Balaban J connectivity index is 2.42. The molecule has 0 bridgehead atoms. The topological polar surface area (TPSA) is 58.6 Å². The van der Waals surface area contributed by atoms with Gasteiger partial charge in [-0.15, -0.1) is 0 Å². The first-order chi connectivity index (χ1) is 9.95. The Morgan fingerprint density at radius 1 is 1.52 bits per heavy atom. The molecular weight excluding hydrogens is 297 g/mol. The number of unbranched alkanes of at least 4 members (excludes halogenated alkanes) is 1. The van der Waals surface area contributed by atoms with Gasteiger partial charge in [-0.1, -0.05) is 31.0 Å². The van der Waals surface area contributed by atoms with Gasteiger partial charge in [0.15, 0.2) is 0 Å². The maximum atomic E-state index is 13.3. The Hall–Kier alpha value is -1.17. The summed E-state index contributed by atoms with van der Waals surface area (Å²) in [4.78, 5) is 11.8. The molecule has 1 amide bonds. The molecule has 1 aromatic carbocycles. The van der Waals surface area contributed by atoms with E-state index in [9.17, 15) is 14.3 Å². The molecule has 0 aliphatic heterocycles. The average Bonchev–Trinajstić information content (AvgIpc) is 2.47. The van der Waals surface area contributed by atoms with Gasteiger partial charge >= 0.3 is 0 Å². The number of halogens is 2. The third kappa shape index (κ3) is 5.99. The van der Waals surface area contributed by atoms with Crippen molar-refractivity contribution < 1.29 is 19.0 Å². The number of rotatable bonds is 8. The monoisotopic (exact) mass is 317 g/mol. The number of aliphatic hydroxyl groups excluding tert-OH is 1. The number of ether oxygens (including phenoxy) is 1. The number of aliphatic hydroxyl groups is 1. The Morgan fingerprint density at radius 2 is 2.24 bits per heavy atom. The summed E-state index contributed by atoms with van der Waals surface area (Å²) in [6.07, 6.45) is 0.314. The molecule has 0 spiro atoms. The highest BCUT2D eigenvalue weighted by molar-refractivity contribution is 6.30. The molecule has 1 aromatic rings. The SMILES string of the molecule is CCCCOC(C)C(=O)NCC(O)c1ccc(Cl)c(F)c1. The Labute approximate surface area is 129 Å². The van der Waals surface area contributed by atoms with E-state index in [0.717, 1.165) is 18.9 Å². The number of hydrogen-bond donors (Lipinski definition) is 2. The molecule has 0 aromatic heterocycles. The minimum atomic E-state index is -0.997. The quantitative estimate of drug-likeness (QED) is 0.725. The summed E-state index contributed by atoms with van der Waals surface area (Å²) >= 11 is 5.57. The smallest absolute Gasteiger partial charge is 0.248 e. The first-order valence-corrected chi connectivity index (χ1v) is 7.35. The summed E-state index contributed by atoms with van der Waals surface area (Å²) in [7, 11) is 0. The van der Waals surface area contributed by atoms with Crippen LogP contribution in [0, 0.1) is 5.82 Å². The molecule has 21 heavy (non-hydrogen) atoms. The lowest BCUT2D eigenvalue weighted by atomic mass is 10.1. The predicted molar refractivity (Wildman–Crippen MR) is 79.7 cm³/mol. The van der Waals surface area contributed by atoms with E-state index in [1.165, 1.54) is 12.1 Å². The second-order valence-corrected chi connectivity index (χ2v) is 5.21. The summed E-state index contributed by atoms with van der Waals surface area (Å²) in [5.74, 6) is -0.907. The summed E-state index contributed by atoms with van der Waals surface area (Å²) in [5, 5.41) is 12.5. The van der Waals surface area contributed by atoms with E-state index in [0.29, 0.717) is 12.2 Å². The number of benzene rings is 1. The molecule has 6 heteroatoms. The van der Waals surface area contributed by atoms with Crippen LogP contribution in [0.3, 0.4) is 0 Å². The van der Waals surface area contributed by atoms with Crippen LogP contribution in [0.15, 0.2) is 18.2 Å². The van der Waals surface area contributed by atoms with Crippen molar-refractivity contribution in [2.24, 2.45) is 0 Å². The van der Waals surface area contributed by atoms with E-state index in [4.69, 9.17) is 16.3 Å². The summed E-state index contributed by atoms with van der Waals surface area (Å²) < 4.78 is 18.6. The van der Waals surface area contributed by atoms with Gasteiger partial charge in [0, 0.05) is 13.2 Å². The third-order valence-corrected chi connectivity index (χ3v) is 3.34. The van der Waals surface area contributed by atoms with Crippen LogP contribution in [0.1, 0.15) is 38.4 Å². The largest absolute Gasteiger partial charge is 0.387 e. The number of hydrogen-bond acceptors (Lipinski definition) is 3. The van der Waals surface area contributed by atoms with Crippen LogP contribution in [0.25, 0.3) is 0 Å². The highest BCUT2D eigenvalue weighted by atomic mass is 35.5. The van der Waals surface area contributed by atoms with E-state index in [-0.39, 0.29) is 17.5 Å². The first-order valence-electron chi connectivity index (χ1n) is 6.98. The highest BCUT2D eigenvalue weighted by Gasteiger charge is 2.16. The fourth-order valence-corrected chi connectivity index (χ4v) is 1.78. The maximum Gasteiger partial charge on any atom is 0.248 e. The van der Waals surface area contributed by atoms with Crippen LogP contribution in [-0.2, 0) is 9.53 Å². The van der Waals surface area contributed by atoms with Crippen molar-refractivity contribution in [3.63, 3.8) is 0 Å². The molecule has 2 atom stereocenters. The second-order valence-electron chi connectivity index (χ2n) is 4.80. The van der Waals surface area contributed by atoms with Crippen molar-refractivity contribution in [2.45, 2.75) is 38.9 Å². The van der Waals surface area contributed by atoms with Crippen LogP contribution in [0.4, 0.5) is 4.39 Å². The van der Waals surface area contributed by atoms with Crippen molar-refractivity contribution in [2.75, 3.05) is 13.2 Å². The lowest BCUT2D eigenvalue weighted by Gasteiger charge is -2.16. The zero-order valence-electron chi connectivity index (χ0n) is 12.2. The van der Waals surface area contributed by atoms with Gasteiger partial charge in [0.2, 0.25) is 5.91 Å². The zero-order chi connectivity index (χ0) is 15.8. The van der Waals surface area contributed by atoms with Gasteiger partial charge in [-0.05, 0) is 31.0 Å². The van der Waals surface area contributed by atoms with Crippen LogP contribution >= 0.6 is 11.6 Å². The molecule has 1 rings (SSSR count). The summed E-state index contributed by atoms with van der Waals surface area (Å²) in [6.45, 7) is 4.20. The standard InChI is InChI=1S/C15H21ClFNO3/c1-3-4-7-21-10(2)15(20)18-9-14(19)11-5-6-12(16)13(17)8-11/h5-6,8,10,14,19H,3-4,7,9H2,1-2H3,(H,18,20). The van der Waals surface area contributed by atoms with Gasteiger partial charge in [0.25, 0.3) is 0 Å². The van der Waals surface area contributed by atoms with Gasteiger partial charge < -0.3 is 15.2 Å². The summed E-state index contributed by atoms with van der Waals surface area (Å²) in [5.41, 5.74) is 0.358. The van der Waals surface area contributed by atoms with E-state index < -0.39 is 18.0 Å². The molecular formula is C15H21ClFNO3. The Bertz CT molecular complexity index is 470. The number of carbonyl (C=O) groups excluding carboxylic acids is 1. The minimum Gasteiger partial charge on any atom is -0.387 e. The molecule has 4 nitrogen and oxygen atoms in total. The molecule has 0 aliphatic rings. The molecule has 0 heterocycles. The molecule has 2 N–H and O–H groups in total. The Morgan fingerprint density at radius 3 is 2.86 bits per heavy atom. The third-order valence-electron chi connectivity index (χ3n) is 3.03. The molecule has 0 aliphatic carbocycles. The Kier molecular flexibility index (Phi) is 7.64. The fourth-order valence-electron chi connectivity index (χ4n) is 1.66. The van der Waals surface area contributed by atoms with E-state index >= 15 is 0 Å². The lowest BCUT2D eigenvalue weighted by molar-refractivity contribution is -0.132. The van der Waals surface area contributed by atoms with Gasteiger partial charge in [-0.2, -0.15) is 0 Å². The number of nitrogens with one attached hydrogen (secondary N) is 1. The summed E-state index contributed by atoms with van der Waals surface area (Å²) in [6, 6.07) is 4.04. The highest BCUT2D eigenvalue weighted by Crippen LogP contribution is 2.19. The molecule has 0 radical (unpaired) electrons. The van der Waals surface area contributed by atoms with E-state index in [1.807, 2.05) is 6.92 Å². The first kappa shape index (κ1) is 17.9. The molecule has 118 valence electrons. The number of carbonyl (C=O) groups is 1.